The van der Waals surface area contributed by atoms with Crippen molar-refractivity contribution in [2.24, 2.45) is 0 Å². The van der Waals surface area contributed by atoms with Crippen molar-refractivity contribution in [1.82, 2.24) is 4.98 Å². The van der Waals surface area contributed by atoms with Crippen LogP contribution in [0, 0.1) is 6.92 Å². The number of aliphatic hydroxyl groups excluding tert-OH is 2. The third-order valence-electron chi connectivity index (χ3n) is 2.71. The van der Waals surface area contributed by atoms with Gasteiger partial charge >= 0.3 is 0 Å². The van der Waals surface area contributed by atoms with Crippen LogP contribution in [0.5, 0.6) is 0 Å². The fraction of sp³-hybridized carbons (Fsp3) is 0.250. The number of aliphatic hydroxyl groups is 2. The number of hydrogen-bond acceptors (Lipinski definition) is 3. The lowest BCUT2D eigenvalue weighted by Gasteiger charge is -2.08. The molecule has 1 aromatic carbocycles. The summed E-state index contributed by atoms with van der Waals surface area (Å²) >= 11 is 0. The van der Waals surface area contributed by atoms with Crippen LogP contribution in [0.1, 0.15) is 16.8 Å². The van der Waals surface area contributed by atoms with Crippen molar-refractivity contribution in [3.05, 3.63) is 45.4 Å². The van der Waals surface area contributed by atoms with Crippen LogP contribution in [0.4, 0.5) is 0 Å². The van der Waals surface area contributed by atoms with Gasteiger partial charge in [-0.2, -0.15) is 0 Å². The lowest BCUT2D eigenvalue weighted by atomic mass is 10.0. The zero-order valence-electron chi connectivity index (χ0n) is 8.95. The number of rotatable bonds is 2. The minimum atomic E-state index is -0.161. The molecule has 0 aliphatic heterocycles. The molecule has 0 aliphatic carbocycles. The highest BCUT2D eigenvalue weighted by atomic mass is 16.3. The van der Waals surface area contributed by atoms with Crippen molar-refractivity contribution >= 4 is 10.8 Å². The first-order chi connectivity index (χ1) is 7.65. The fourth-order valence-electron chi connectivity index (χ4n) is 1.88. The molecule has 0 amide bonds. The number of aromatic amines is 1. The number of nitrogens with one attached hydrogen (secondary N) is 1. The van der Waals surface area contributed by atoms with Gasteiger partial charge in [0, 0.05) is 17.1 Å². The molecule has 1 heterocycles. The summed E-state index contributed by atoms with van der Waals surface area (Å²) in [7, 11) is 0. The number of H-pyrrole nitrogens is 1. The lowest BCUT2D eigenvalue weighted by molar-refractivity contribution is 0.260. The van der Waals surface area contributed by atoms with Gasteiger partial charge in [-0.1, -0.05) is 0 Å². The molecule has 0 spiro atoms. The Kier molecular flexibility index (Phi) is 2.77. The largest absolute Gasteiger partial charge is 0.392 e. The summed E-state index contributed by atoms with van der Waals surface area (Å²) in [5, 5.41) is 20.0. The Balaban J connectivity index is 2.83. The van der Waals surface area contributed by atoms with Gasteiger partial charge in [0.1, 0.15) is 0 Å². The Morgan fingerprint density at radius 1 is 1.12 bits per heavy atom. The maximum absolute atomic E-state index is 11.3. The topological polar surface area (TPSA) is 73.3 Å². The predicted octanol–water partition coefficient (Wildman–Crippen LogP) is 0.821. The molecule has 0 saturated heterocycles. The highest BCUT2D eigenvalue weighted by molar-refractivity contribution is 5.85. The molecule has 0 fully saturated rings. The molecule has 0 unspecified atom stereocenters. The number of aryl methyl sites for hydroxylation is 1. The van der Waals surface area contributed by atoms with Crippen molar-refractivity contribution in [2.45, 2.75) is 20.1 Å². The third kappa shape index (κ3) is 1.73. The van der Waals surface area contributed by atoms with Crippen molar-refractivity contribution in [3.63, 3.8) is 0 Å². The molecule has 0 radical (unpaired) electrons. The molecule has 0 saturated carbocycles. The van der Waals surface area contributed by atoms with Gasteiger partial charge in [-0.15, -0.1) is 0 Å². The van der Waals surface area contributed by atoms with E-state index in [0.29, 0.717) is 11.1 Å². The molecule has 0 bridgehead atoms. The molecule has 84 valence electrons. The minimum absolute atomic E-state index is 0.121. The summed E-state index contributed by atoms with van der Waals surface area (Å²) in [5.74, 6) is 0. The summed E-state index contributed by atoms with van der Waals surface area (Å²) in [5.41, 5.74) is 1.94. The van der Waals surface area contributed by atoms with E-state index < -0.39 is 0 Å². The Bertz CT molecular complexity index is 587. The zero-order valence-corrected chi connectivity index (χ0v) is 8.95. The highest BCUT2D eigenvalue weighted by Crippen LogP contribution is 2.21. The Morgan fingerprint density at radius 2 is 1.75 bits per heavy atom. The zero-order chi connectivity index (χ0) is 11.7. The number of fused-ring (bicyclic) bond motifs is 1. The summed E-state index contributed by atoms with van der Waals surface area (Å²) in [6.07, 6.45) is 0. The van der Waals surface area contributed by atoms with E-state index in [1.54, 1.807) is 12.1 Å². The SMILES string of the molecule is Cc1[nH]c(=O)cc2cc(CO)c(CO)cc12. The molecule has 1 aromatic heterocycles. The second-order valence-electron chi connectivity index (χ2n) is 3.78. The monoisotopic (exact) mass is 219 g/mol. The van der Waals surface area contributed by atoms with Gasteiger partial charge in [-0.05, 0) is 35.6 Å². The smallest absolute Gasteiger partial charge is 0.248 e. The normalized spacial score (nSPS) is 10.9. The molecule has 4 nitrogen and oxygen atoms in total. The van der Waals surface area contributed by atoms with E-state index in [1.165, 1.54) is 6.07 Å². The van der Waals surface area contributed by atoms with E-state index in [1.807, 2.05) is 6.92 Å². The molecule has 0 atom stereocenters. The summed E-state index contributed by atoms with van der Waals surface area (Å²) < 4.78 is 0. The standard InChI is InChI=1S/C12H13NO3/c1-7-11-3-10(6-15)9(5-14)2-8(11)4-12(16)13-7/h2-4,14-15H,5-6H2,1H3,(H,13,16). The van der Waals surface area contributed by atoms with Gasteiger partial charge in [-0.25, -0.2) is 0 Å². The molecule has 2 rings (SSSR count). The average molecular weight is 219 g/mol. The van der Waals surface area contributed by atoms with Crippen LogP contribution in [0.15, 0.2) is 23.0 Å². The van der Waals surface area contributed by atoms with Gasteiger partial charge < -0.3 is 15.2 Å². The fourth-order valence-corrected chi connectivity index (χ4v) is 1.88. The van der Waals surface area contributed by atoms with E-state index >= 15 is 0 Å². The Hall–Kier alpha value is -1.65. The number of hydrogen-bond donors (Lipinski definition) is 3. The summed E-state index contributed by atoms with van der Waals surface area (Å²) in [6.45, 7) is 1.55. The minimum Gasteiger partial charge on any atom is -0.392 e. The van der Waals surface area contributed by atoms with E-state index in [0.717, 1.165) is 16.5 Å². The van der Waals surface area contributed by atoms with Crippen molar-refractivity contribution in [3.8, 4) is 0 Å². The Labute approximate surface area is 92.2 Å². The summed E-state index contributed by atoms with van der Waals surface area (Å²) in [6, 6.07) is 5.03. The molecule has 2 aromatic rings. The van der Waals surface area contributed by atoms with Crippen LogP contribution in [0.2, 0.25) is 0 Å². The first kappa shape index (κ1) is 10.9. The molecule has 3 N–H and O–H groups in total. The number of benzene rings is 1. The van der Waals surface area contributed by atoms with Crippen molar-refractivity contribution in [2.75, 3.05) is 0 Å². The van der Waals surface area contributed by atoms with Crippen molar-refractivity contribution in [1.29, 1.82) is 0 Å². The predicted molar refractivity (Wildman–Crippen MR) is 61.2 cm³/mol. The van der Waals surface area contributed by atoms with Gasteiger partial charge in [0.25, 0.3) is 0 Å². The van der Waals surface area contributed by atoms with E-state index in [9.17, 15) is 9.90 Å². The maximum atomic E-state index is 11.3. The van der Waals surface area contributed by atoms with E-state index in [4.69, 9.17) is 5.11 Å². The van der Waals surface area contributed by atoms with Crippen LogP contribution in [-0.2, 0) is 13.2 Å². The highest BCUT2D eigenvalue weighted by Gasteiger charge is 2.06. The van der Waals surface area contributed by atoms with E-state index in [-0.39, 0.29) is 18.8 Å². The lowest BCUT2D eigenvalue weighted by Crippen LogP contribution is -2.06. The van der Waals surface area contributed by atoms with Crippen LogP contribution >= 0.6 is 0 Å². The van der Waals surface area contributed by atoms with Crippen LogP contribution in [-0.4, -0.2) is 15.2 Å². The second kappa shape index (κ2) is 4.08. The van der Waals surface area contributed by atoms with Gasteiger partial charge in [0.2, 0.25) is 5.56 Å². The quantitative estimate of drug-likeness (QED) is 0.700. The van der Waals surface area contributed by atoms with Gasteiger partial charge in [0.05, 0.1) is 13.2 Å². The second-order valence-corrected chi connectivity index (χ2v) is 3.78. The first-order valence-electron chi connectivity index (χ1n) is 5.03. The molecule has 0 aliphatic rings. The van der Waals surface area contributed by atoms with Gasteiger partial charge in [0.15, 0.2) is 0 Å². The summed E-state index contributed by atoms with van der Waals surface area (Å²) in [4.78, 5) is 14.0. The number of pyridine rings is 1. The first-order valence-corrected chi connectivity index (χ1v) is 5.03. The Morgan fingerprint density at radius 3 is 2.38 bits per heavy atom. The molecule has 4 heteroatoms. The average Bonchev–Trinajstić information content (AvgIpc) is 2.27. The van der Waals surface area contributed by atoms with Crippen LogP contribution in [0.25, 0.3) is 10.8 Å². The van der Waals surface area contributed by atoms with Gasteiger partial charge in [-0.3, -0.25) is 4.79 Å². The molecular formula is C12H13NO3. The molecular weight excluding hydrogens is 206 g/mol. The third-order valence-corrected chi connectivity index (χ3v) is 2.71. The van der Waals surface area contributed by atoms with Crippen LogP contribution < -0.4 is 5.56 Å². The van der Waals surface area contributed by atoms with Crippen molar-refractivity contribution < 1.29 is 10.2 Å². The van der Waals surface area contributed by atoms with E-state index in [2.05, 4.69) is 4.98 Å². The maximum Gasteiger partial charge on any atom is 0.248 e. The van der Waals surface area contributed by atoms with Crippen LogP contribution in [0.3, 0.4) is 0 Å². The molecule has 16 heavy (non-hydrogen) atoms. The number of aromatic nitrogens is 1.